The molecule has 35 heavy (non-hydrogen) atoms. The number of hydrogen-bond donors (Lipinski definition) is 2. The number of aryl methyl sites for hydroxylation is 1. The number of carboxylic acid groups (broad SMARTS) is 1. The molecule has 0 saturated heterocycles. The van der Waals surface area contributed by atoms with Crippen molar-refractivity contribution in [2.24, 2.45) is 10.4 Å². The third-order valence-corrected chi connectivity index (χ3v) is 6.61. The van der Waals surface area contributed by atoms with Gasteiger partial charge in [-0.2, -0.15) is 0 Å². The van der Waals surface area contributed by atoms with E-state index < -0.39 is 5.97 Å². The third kappa shape index (κ3) is 5.58. The molecule has 2 aliphatic rings. The SMILES string of the molecule is CC1(C)CC(=O)C(C(CCc2noc3c2C(=O)CC(c2ccccc2)C3)=NCCC(=O)O)=C(O)C1. The molecule has 1 heterocycles. The van der Waals surface area contributed by atoms with E-state index in [-0.39, 0.29) is 60.0 Å². The average Bonchev–Trinajstić information content (AvgIpc) is 3.19. The first-order chi connectivity index (χ1) is 16.6. The second-order valence-corrected chi connectivity index (χ2v) is 10.1. The Morgan fingerprint density at radius 1 is 1.11 bits per heavy atom. The highest BCUT2D eigenvalue weighted by molar-refractivity contribution is 6.23. The van der Waals surface area contributed by atoms with Crippen LogP contribution in [-0.2, 0) is 22.4 Å². The zero-order chi connectivity index (χ0) is 25.2. The summed E-state index contributed by atoms with van der Waals surface area (Å²) in [5.74, 6) is -0.659. The lowest BCUT2D eigenvalue weighted by Crippen LogP contribution is -2.29. The van der Waals surface area contributed by atoms with Crippen molar-refractivity contribution < 1.29 is 29.1 Å². The van der Waals surface area contributed by atoms with E-state index in [9.17, 15) is 19.5 Å². The molecule has 2 aliphatic carbocycles. The summed E-state index contributed by atoms with van der Waals surface area (Å²) in [7, 11) is 0. The van der Waals surface area contributed by atoms with Crippen molar-refractivity contribution in [1.82, 2.24) is 5.16 Å². The predicted molar refractivity (Wildman–Crippen MR) is 129 cm³/mol. The molecule has 0 bridgehead atoms. The van der Waals surface area contributed by atoms with Gasteiger partial charge in [-0.1, -0.05) is 49.3 Å². The van der Waals surface area contributed by atoms with Gasteiger partial charge < -0.3 is 14.7 Å². The van der Waals surface area contributed by atoms with Crippen LogP contribution < -0.4 is 0 Å². The number of aliphatic imine (C=N–C) groups is 1. The van der Waals surface area contributed by atoms with Crippen molar-refractivity contribution in [3.63, 3.8) is 0 Å². The Morgan fingerprint density at radius 3 is 2.54 bits per heavy atom. The molecule has 2 aromatic rings. The van der Waals surface area contributed by atoms with E-state index in [0.717, 1.165) is 5.56 Å². The lowest BCUT2D eigenvalue weighted by molar-refractivity contribution is -0.136. The second-order valence-electron chi connectivity index (χ2n) is 10.1. The second kappa shape index (κ2) is 9.98. The molecule has 0 aliphatic heterocycles. The van der Waals surface area contributed by atoms with E-state index in [0.29, 0.717) is 48.4 Å². The summed E-state index contributed by atoms with van der Waals surface area (Å²) in [6.45, 7) is 3.82. The maximum absolute atomic E-state index is 13.0. The maximum Gasteiger partial charge on any atom is 0.305 e. The summed E-state index contributed by atoms with van der Waals surface area (Å²) in [6, 6.07) is 9.84. The Kier molecular flexibility index (Phi) is 7.00. The van der Waals surface area contributed by atoms with Gasteiger partial charge in [-0.05, 0) is 29.7 Å². The van der Waals surface area contributed by atoms with Crippen LogP contribution in [0.15, 0.2) is 51.2 Å². The van der Waals surface area contributed by atoms with Crippen molar-refractivity contribution in [3.05, 3.63) is 64.2 Å². The third-order valence-electron chi connectivity index (χ3n) is 6.61. The van der Waals surface area contributed by atoms with Gasteiger partial charge in [0.05, 0.1) is 23.3 Å². The predicted octanol–water partition coefficient (Wildman–Crippen LogP) is 4.64. The van der Waals surface area contributed by atoms with Crippen LogP contribution >= 0.6 is 0 Å². The zero-order valence-corrected chi connectivity index (χ0v) is 20.0. The van der Waals surface area contributed by atoms with Crippen LogP contribution in [0.4, 0.5) is 0 Å². The zero-order valence-electron chi connectivity index (χ0n) is 20.0. The van der Waals surface area contributed by atoms with Gasteiger partial charge in [-0.25, -0.2) is 0 Å². The summed E-state index contributed by atoms with van der Waals surface area (Å²) >= 11 is 0. The Morgan fingerprint density at radius 2 is 1.86 bits per heavy atom. The highest BCUT2D eigenvalue weighted by atomic mass is 16.5. The van der Waals surface area contributed by atoms with Crippen LogP contribution in [0.5, 0.6) is 0 Å². The molecule has 0 radical (unpaired) electrons. The number of carbonyl (C=O) groups excluding carboxylic acids is 2. The van der Waals surface area contributed by atoms with Gasteiger partial charge in [0.25, 0.3) is 0 Å². The highest BCUT2D eigenvalue weighted by Crippen LogP contribution is 2.37. The summed E-state index contributed by atoms with van der Waals surface area (Å²) in [6.07, 6.45) is 1.89. The van der Waals surface area contributed by atoms with Gasteiger partial charge in [0, 0.05) is 37.9 Å². The van der Waals surface area contributed by atoms with Crippen molar-refractivity contribution in [1.29, 1.82) is 0 Å². The molecule has 8 nitrogen and oxygen atoms in total. The van der Waals surface area contributed by atoms with Crippen LogP contribution in [0.25, 0.3) is 0 Å². The van der Waals surface area contributed by atoms with Crippen molar-refractivity contribution in [2.75, 3.05) is 6.54 Å². The molecule has 0 amide bonds. The molecule has 0 spiro atoms. The fourth-order valence-corrected chi connectivity index (χ4v) is 4.99. The molecule has 184 valence electrons. The number of benzene rings is 1. The average molecular weight is 479 g/mol. The van der Waals surface area contributed by atoms with Gasteiger partial charge in [0.2, 0.25) is 0 Å². The van der Waals surface area contributed by atoms with Crippen LogP contribution in [0, 0.1) is 5.41 Å². The lowest BCUT2D eigenvalue weighted by Gasteiger charge is -2.30. The highest BCUT2D eigenvalue weighted by Gasteiger charge is 2.36. The number of carbonyl (C=O) groups is 3. The monoisotopic (exact) mass is 478 g/mol. The molecule has 1 aromatic carbocycles. The number of allylic oxidation sites excluding steroid dienone is 2. The van der Waals surface area contributed by atoms with E-state index in [1.54, 1.807) is 0 Å². The first-order valence-electron chi connectivity index (χ1n) is 11.9. The van der Waals surface area contributed by atoms with Crippen LogP contribution in [0.2, 0.25) is 0 Å². The number of carboxylic acids is 1. The summed E-state index contributed by atoms with van der Waals surface area (Å²) < 4.78 is 5.55. The summed E-state index contributed by atoms with van der Waals surface area (Å²) in [5, 5.41) is 23.8. The first-order valence-corrected chi connectivity index (χ1v) is 11.9. The van der Waals surface area contributed by atoms with Crippen LogP contribution in [0.1, 0.15) is 79.2 Å². The number of aromatic nitrogens is 1. The van der Waals surface area contributed by atoms with Gasteiger partial charge in [-0.15, -0.1) is 0 Å². The number of aliphatic hydroxyl groups excluding tert-OH is 1. The molecule has 1 atom stereocenters. The number of aliphatic carboxylic acids is 1. The topological polar surface area (TPSA) is 130 Å². The molecule has 2 N–H and O–H groups in total. The van der Waals surface area contributed by atoms with Crippen molar-refractivity contribution >= 4 is 23.2 Å². The molecular formula is C27H30N2O6. The molecule has 4 rings (SSSR count). The summed E-state index contributed by atoms with van der Waals surface area (Å²) in [5.41, 5.74) is 2.25. The number of fused-ring (bicyclic) bond motifs is 1. The minimum atomic E-state index is -0.994. The number of Topliss-reactive ketones (excluding diaryl/α,β-unsaturated/α-hetero) is 2. The lowest BCUT2D eigenvalue weighted by atomic mass is 9.75. The fourth-order valence-electron chi connectivity index (χ4n) is 4.99. The molecular weight excluding hydrogens is 448 g/mol. The largest absolute Gasteiger partial charge is 0.511 e. The molecule has 0 fully saturated rings. The van der Waals surface area contributed by atoms with E-state index in [4.69, 9.17) is 9.63 Å². The van der Waals surface area contributed by atoms with Gasteiger partial charge >= 0.3 is 5.97 Å². The number of rotatable bonds is 8. The van der Waals surface area contributed by atoms with Crippen LogP contribution in [0.3, 0.4) is 0 Å². The first kappa shape index (κ1) is 24.6. The van der Waals surface area contributed by atoms with E-state index in [2.05, 4.69) is 10.1 Å². The van der Waals surface area contributed by atoms with Gasteiger partial charge in [0.1, 0.15) is 11.5 Å². The normalized spacial score (nSPS) is 20.2. The Labute approximate surface area is 203 Å². The number of ketones is 2. The van der Waals surface area contributed by atoms with E-state index in [1.807, 2.05) is 44.2 Å². The Balaban J connectivity index is 1.56. The maximum atomic E-state index is 13.0. The number of nitrogens with zero attached hydrogens (tertiary/aromatic N) is 2. The molecule has 0 saturated carbocycles. The van der Waals surface area contributed by atoms with Gasteiger partial charge in [-0.3, -0.25) is 19.4 Å². The van der Waals surface area contributed by atoms with Crippen molar-refractivity contribution in [2.45, 2.75) is 64.7 Å². The quantitative estimate of drug-likeness (QED) is 0.529. The minimum absolute atomic E-state index is 0.00721. The molecule has 8 heteroatoms. The van der Waals surface area contributed by atoms with Crippen molar-refractivity contribution in [3.8, 4) is 0 Å². The van der Waals surface area contributed by atoms with E-state index >= 15 is 0 Å². The Hall–Kier alpha value is -3.55. The fraction of sp³-hybridized carbons (Fsp3) is 0.444. The molecule has 1 unspecified atom stereocenters. The molecule has 1 aromatic heterocycles. The minimum Gasteiger partial charge on any atom is -0.511 e. The van der Waals surface area contributed by atoms with E-state index in [1.165, 1.54) is 0 Å². The Bertz CT molecular complexity index is 1210. The standard InChI is InChI=1S/C27H30N2O6/c1-27(2)14-21(31)25(22(32)15-27)18(28-11-10-24(33)34)8-9-19-26-20(30)12-17(13-23(26)35-29-19)16-6-4-3-5-7-16/h3-7,17,31H,8-15H2,1-2H3,(H,33,34). The number of hydrogen-bond acceptors (Lipinski definition) is 7. The smallest absolute Gasteiger partial charge is 0.305 e. The van der Waals surface area contributed by atoms with Gasteiger partial charge in [0.15, 0.2) is 11.6 Å². The summed E-state index contributed by atoms with van der Waals surface area (Å²) in [4.78, 5) is 41.2. The van der Waals surface area contributed by atoms with Crippen LogP contribution in [-0.4, -0.2) is 45.2 Å². The number of aliphatic hydroxyl groups is 1.